The van der Waals surface area contributed by atoms with E-state index in [0.717, 1.165) is 29.3 Å². The van der Waals surface area contributed by atoms with Crippen LogP contribution in [0.4, 0.5) is 18.9 Å². The number of hydrogen-bond acceptors (Lipinski definition) is 3. The Morgan fingerprint density at radius 1 is 1.22 bits per heavy atom. The van der Waals surface area contributed by atoms with Crippen molar-refractivity contribution >= 4 is 11.6 Å². The van der Waals surface area contributed by atoms with Crippen LogP contribution in [-0.4, -0.2) is 25.5 Å². The Labute approximate surface area is 152 Å². The fourth-order valence-electron chi connectivity index (χ4n) is 2.86. The Morgan fingerprint density at radius 2 is 1.96 bits per heavy atom. The number of alkyl halides is 3. The summed E-state index contributed by atoms with van der Waals surface area (Å²) in [5.41, 5.74) is 0.885. The van der Waals surface area contributed by atoms with Crippen molar-refractivity contribution in [3.05, 3.63) is 60.2 Å². The number of halogens is 3. The first kappa shape index (κ1) is 17.3. The molecule has 0 saturated heterocycles. The van der Waals surface area contributed by atoms with E-state index < -0.39 is 17.8 Å². The van der Waals surface area contributed by atoms with Gasteiger partial charge in [-0.15, -0.1) is 0 Å². The van der Waals surface area contributed by atoms with Crippen molar-refractivity contribution in [1.82, 2.24) is 19.6 Å². The summed E-state index contributed by atoms with van der Waals surface area (Å²) in [7, 11) is 0. The van der Waals surface area contributed by atoms with Crippen LogP contribution < -0.4 is 5.32 Å². The fraction of sp³-hybridized carbons (Fsp3) is 0.278. The third-order valence-corrected chi connectivity index (χ3v) is 4.31. The van der Waals surface area contributed by atoms with Gasteiger partial charge >= 0.3 is 6.18 Å². The van der Waals surface area contributed by atoms with Gasteiger partial charge in [0, 0.05) is 29.7 Å². The van der Waals surface area contributed by atoms with Crippen molar-refractivity contribution in [1.29, 1.82) is 0 Å². The maximum atomic E-state index is 12.9. The molecule has 1 aromatic carbocycles. The van der Waals surface area contributed by atoms with E-state index in [1.54, 1.807) is 47.4 Å². The minimum Gasteiger partial charge on any atom is -0.324 e. The standard InChI is InChI=1S/C18H16F3N5O/c19-18(20,21)16-10-15(12-2-3-12)26(24-16)11-17(27)23-13-4-6-14(7-5-13)25-9-1-8-22-25/h1,4-10,12H,2-3,11H2,(H,23,27). The molecule has 9 heteroatoms. The Kier molecular flexibility index (Phi) is 4.21. The predicted molar refractivity (Wildman–Crippen MR) is 91.4 cm³/mol. The number of nitrogens with zero attached hydrogens (tertiary/aromatic N) is 4. The molecule has 0 atom stereocenters. The van der Waals surface area contributed by atoms with E-state index in [-0.39, 0.29) is 12.5 Å². The minimum absolute atomic E-state index is 0.0507. The number of hydrogen-bond donors (Lipinski definition) is 1. The van der Waals surface area contributed by atoms with Crippen LogP contribution in [0.25, 0.3) is 5.69 Å². The van der Waals surface area contributed by atoms with E-state index in [0.29, 0.717) is 11.4 Å². The number of amides is 1. The molecule has 1 aliphatic rings. The smallest absolute Gasteiger partial charge is 0.324 e. The lowest BCUT2D eigenvalue weighted by molar-refractivity contribution is -0.141. The summed E-state index contributed by atoms with van der Waals surface area (Å²) in [5.74, 6) is -0.379. The molecule has 6 nitrogen and oxygen atoms in total. The van der Waals surface area contributed by atoms with Crippen molar-refractivity contribution in [2.45, 2.75) is 31.5 Å². The number of aromatic nitrogens is 4. The summed E-state index contributed by atoms with van der Waals surface area (Å²) in [6.07, 6.45) is 0.571. The monoisotopic (exact) mass is 375 g/mol. The molecule has 1 aliphatic carbocycles. The molecule has 3 aromatic rings. The Hall–Kier alpha value is -3.10. The van der Waals surface area contributed by atoms with Crippen molar-refractivity contribution in [3.8, 4) is 5.69 Å². The summed E-state index contributed by atoms with van der Waals surface area (Å²) in [6, 6.07) is 9.83. The Morgan fingerprint density at radius 3 is 2.56 bits per heavy atom. The van der Waals surface area contributed by atoms with Gasteiger partial charge in [-0.05, 0) is 49.2 Å². The summed E-state index contributed by atoms with van der Waals surface area (Å²) < 4.78 is 41.6. The van der Waals surface area contributed by atoms with Gasteiger partial charge in [0.2, 0.25) is 5.91 Å². The third kappa shape index (κ3) is 3.86. The quantitative estimate of drug-likeness (QED) is 0.741. The Bertz CT molecular complexity index is 941. The van der Waals surface area contributed by atoms with E-state index in [2.05, 4.69) is 15.5 Å². The largest absolute Gasteiger partial charge is 0.435 e. The van der Waals surface area contributed by atoms with Crippen LogP contribution in [0.3, 0.4) is 0 Å². The topological polar surface area (TPSA) is 64.7 Å². The summed E-state index contributed by atoms with van der Waals surface area (Å²) in [6.45, 7) is -0.261. The van der Waals surface area contributed by atoms with Crippen LogP contribution in [0.15, 0.2) is 48.8 Å². The summed E-state index contributed by atoms with van der Waals surface area (Å²) in [5, 5.41) is 10.4. The van der Waals surface area contributed by atoms with Crippen LogP contribution >= 0.6 is 0 Å². The number of carbonyl (C=O) groups excluding carboxylic acids is 1. The molecule has 2 aromatic heterocycles. The molecule has 0 spiro atoms. The molecule has 0 aliphatic heterocycles. The lowest BCUT2D eigenvalue weighted by Gasteiger charge is -2.09. The molecule has 0 unspecified atom stereocenters. The molecule has 140 valence electrons. The summed E-state index contributed by atoms with van der Waals surface area (Å²) >= 11 is 0. The second-order valence-electron chi connectivity index (χ2n) is 6.43. The molecule has 27 heavy (non-hydrogen) atoms. The normalized spacial score (nSPS) is 14.3. The average molecular weight is 375 g/mol. The summed E-state index contributed by atoms with van der Waals surface area (Å²) in [4.78, 5) is 12.3. The van der Waals surface area contributed by atoms with Crippen LogP contribution in [0, 0.1) is 0 Å². The highest BCUT2D eigenvalue weighted by atomic mass is 19.4. The second-order valence-corrected chi connectivity index (χ2v) is 6.43. The first-order valence-corrected chi connectivity index (χ1v) is 8.45. The van der Waals surface area contributed by atoms with Crippen molar-refractivity contribution in [3.63, 3.8) is 0 Å². The molecule has 1 saturated carbocycles. The average Bonchev–Trinajstić information content (AvgIpc) is 3.14. The number of rotatable bonds is 5. The molecule has 1 amide bonds. The second kappa shape index (κ2) is 6.57. The van der Waals surface area contributed by atoms with Gasteiger partial charge in [0.1, 0.15) is 6.54 Å². The predicted octanol–water partition coefficient (Wildman–Crippen LogP) is 3.60. The van der Waals surface area contributed by atoms with Gasteiger partial charge in [0.05, 0.1) is 5.69 Å². The van der Waals surface area contributed by atoms with Crippen LogP contribution in [0.2, 0.25) is 0 Å². The molecular weight excluding hydrogens is 359 g/mol. The van der Waals surface area contributed by atoms with Gasteiger partial charge in [-0.2, -0.15) is 23.4 Å². The number of anilines is 1. The van der Waals surface area contributed by atoms with E-state index in [9.17, 15) is 18.0 Å². The van der Waals surface area contributed by atoms with Crippen molar-refractivity contribution < 1.29 is 18.0 Å². The van der Waals surface area contributed by atoms with Crippen molar-refractivity contribution in [2.75, 3.05) is 5.32 Å². The SMILES string of the molecule is O=C(Cn1nc(C(F)(F)F)cc1C1CC1)Nc1ccc(-n2cccn2)cc1. The van der Waals surface area contributed by atoms with Gasteiger partial charge in [0.25, 0.3) is 0 Å². The van der Waals surface area contributed by atoms with E-state index in [1.807, 2.05) is 0 Å². The minimum atomic E-state index is -4.52. The third-order valence-electron chi connectivity index (χ3n) is 4.31. The molecule has 1 N–H and O–H groups in total. The molecule has 0 radical (unpaired) electrons. The maximum Gasteiger partial charge on any atom is 0.435 e. The molecule has 2 heterocycles. The van der Waals surface area contributed by atoms with Crippen molar-refractivity contribution in [2.24, 2.45) is 0 Å². The molecule has 0 bridgehead atoms. The highest BCUT2D eigenvalue weighted by molar-refractivity contribution is 5.90. The van der Waals surface area contributed by atoms with Gasteiger partial charge in [0.15, 0.2) is 5.69 Å². The van der Waals surface area contributed by atoms with Gasteiger partial charge in [-0.25, -0.2) is 4.68 Å². The van der Waals surface area contributed by atoms with Gasteiger partial charge in [-0.1, -0.05) is 0 Å². The van der Waals surface area contributed by atoms with Crippen LogP contribution in [-0.2, 0) is 17.5 Å². The number of nitrogens with one attached hydrogen (secondary N) is 1. The molecular formula is C18H16F3N5O. The fourth-order valence-corrected chi connectivity index (χ4v) is 2.86. The van der Waals surface area contributed by atoms with Gasteiger partial charge < -0.3 is 5.32 Å². The number of benzene rings is 1. The Balaban J connectivity index is 1.46. The highest BCUT2D eigenvalue weighted by Gasteiger charge is 2.38. The van der Waals surface area contributed by atoms with Crippen LogP contribution in [0.5, 0.6) is 0 Å². The lowest BCUT2D eigenvalue weighted by Crippen LogP contribution is -2.21. The van der Waals surface area contributed by atoms with E-state index >= 15 is 0 Å². The number of carbonyl (C=O) groups is 1. The highest BCUT2D eigenvalue weighted by Crippen LogP contribution is 2.42. The van der Waals surface area contributed by atoms with E-state index in [4.69, 9.17) is 0 Å². The zero-order chi connectivity index (χ0) is 19.0. The zero-order valence-electron chi connectivity index (χ0n) is 14.1. The zero-order valence-corrected chi connectivity index (χ0v) is 14.1. The first-order valence-electron chi connectivity index (χ1n) is 8.45. The molecule has 1 fully saturated rings. The van der Waals surface area contributed by atoms with E-state index in [1.165, 1.54) is 0 Å². The first-order chi connectivity index (χ1) is 12.9. The maximum absolute atomic E-state index is 12.9. The molecule has 4 rings (SSSR count). The lowest BCUT2D eigenvalue weighted by atomic mass is 10.2. The van der Waals surface area contributed by atoms with Gasteiger partial charge in [-0.3, -0.25) is 9.48 Å². The van der Waals surface area contributed by atoms with Crippen LogP contribution in [0.1, 0.15) is 30.1 Å².